The van der Waals surface area contributed by atoms with Crippen LogP contribution in [0.3, 0.4) is 0 Å². The molecule has 130 valence electrons. The van der Waals surface area contributed by atoms with Crippen LogP contribution in [0.15, 0.2) is 24.3 Å². The summed E-state index contributed by atoms with van der Waals surface area (Å²) in [4.78, 5) is 30.2. The van der Waals surface area contributed by atoms with Crippen molar-refractivity contribution in [3.8, 4) is 0 Å². The molecule has 2 fully saturated rings. The number of hydrogen-bond acceptors (Lipinski definition) is 3. The predicted octanol–water partition coefficient (Wildman–Crippen LogP) is 2.39. The molecule has 3 rings (SSSR count). The van der Waals surface area contributed by atoms with Crippen molar-refractivity contribution in [1.82, 2.24) is 9.80 Å². The lowest BCUT2D eigenvalue weighted by atomic mass is 10.2. The first-order valence-corrected chi connectivity index (χ1v) is 8.99. The summed E-state index contributed by atoms with van der Waals surface area (Å²) in [5, 5.41) is 0.613. The minimum absolute atomic E-state index is 0.101. The lowest BCUT2D eigenvalue weighted by Crippen LogP contribution is -2.41. The van der Waals surface area contributed by atoms with Crippen LogP contribution in [0.1, 0.15) is 25.7 Å². The highest BCUT2D eigenvalue weighted by Crippen LogP contribution is 2.30. The van der Waals surface area contributed by atoms with E-state index in [9.17, 15) is 9.59 Å². The number of likely N-dealkylation sites (tertiary alicyclic amines) is 1. The summed E-state index contributed by atoms with van der Waals surface area (Å²) in [7, 11) is 1.99. The number of anilines is 1. The van der Waals surface area contributed by atoms with E-state index >= 15 is 0 Å². The highest BCUT2D eigenvalue weighted by molar-refractivity contribution is 6.33. The van der Waals surface area contributed by atoms with Gasteiger partial charge in [-0.15, -0.1) is 0 Å². The summed E-state index contributed by atoms with van der Waals surface area (Å²) in [5.41, 5.74) is 0.794. The second kappa shape index (κ2) is 7.53. The summed E-state index contributed by atoms with van der Waals surface area (Å²) in [6.07, 6.45) is 3.37. The molecular formula is C18H24ClN3O2. The summed E-state index contributed by atoms with van der Waals surface area (Å²) in [6, 6.07) is 7.37. The number of rotatable bonds is 6. The molecular weight excluding hydrogens is 326 g/mol. The van der Waals surface area contributed by atoms with E-state index < -0.39 is 0 Å². The molecule has 1 aromatic carbocycles. The minimum Gasteiger partial charge on any atom is -0.343 e. The topological polar surface area (TPSA) is 43.9 Å². The molecule has 0 saturated carbocycles. The average Bonchev–Trinajstić information content (AvgIpc) is 3.14. The summed E-state index contributed by atoms with van der Waals surface area (Å²) in [5.74, 6) is 0.377. The average molecular weight is 350 g/mol. The van der Waals surface area contributed by atoms with E-state index in [0.717, 1.165) is 44.6 Å². The lowest BCUT2D eigenvalue weighted by Gasteiger charge is -2.25. The molecule has 5 nitrogen and oxygen atoms in total. The fourth-order valence-electron chi connectivity index (χ4n) is 3.59. The van der Waals surface area contributed by atoms with Crippen molar-refractivity contribution < 1.29 is 9.59 Å². The molecule has 0 N–H and O–H groups in total. The van der Waals surface area contributed by atoms with Crippen molar-refractivity contribution in [2.45, 2.75) is 31.7 Å². The molecule has 0 aliphatic carbocycles. The van der Waals surface area contributed by atoms with Crippen LogP contribution in [0.2, 0.25) is 5.02 Å². The fourth-order valence-corrected chi connectivity index (χ4v) is 3.83. The predicted molar refractivity (Wildman–Crippen MR) is 95.3 cm³/mol. The molecule has 2 aliphatic rings. The molecule has 1 atom stereocenters. The van der Waals surface area contributed by atoms with E-state index in [0.29, 0.717) is 18.0 Å². The highest BCUT2D eigenvalue weighted by atomic mass is 35.5. The fraction of sp³-hybridized carbons (Fsp3) is 0.556. The number of halogens is 1. The number of carbonyl (C=O) groups excluding carboxylic acids is 2. The third-order valence-electron chi connectivity index (χ3n) is 4.96. The summed E-state index contributed by atoms with van der Waals surface area (Å²) in [6.45, 7) is 3.18. The zero-order chi connectivity index (χ0) is 17.1. The number of likely N-dealkylation sites (N-methyl/N-ethyl adjacent to an activating group) is 1. The van der Waals surface area contributed by atoms with E-state index in [1.165, 1.54) is 0 Å². The lowest BCUT2D eigenvalue weighted by molar-refractivity contribution is -0.128. The smallest absolute Gasteiger partial charge is 0.244 e. The third kappa shape index (κ3) is 3.57. The number of para-hydroxylation sites is 1. The van der Waals surface area contributed by atoms with Gasteiger partial charge in [-0.25, -0.2) is 0 Å². The first kappa shape index (κ1) is 17.2. The molecule has 2 amide bonds. The quantitative estimate of drug-likeness (QED) is 0.792. The first-order chi connectivity index (χ1) is 11.6. The Kier molecular flexibility index (Phi) is 5.41. The van der Waals surface area contributed by atoms with E-state index in [2.05, 4.69) is 4.90 Å². The summed E-state index contributed by atoms with van der Waals surface area (Å²) < 4.78 is 0. The van der Waals surface area contributed by atoms with Crippen LogP contribution in [0.4, 0.5) is 5.69 Å². The molecule has 0 aromatic heterocycles. The van der Waals surface area contributed by atoms with Crippen molar-refractivity contribution >= 4 is 29.1 Å². The molecule has 2 aliphatic heterocycles. The largest absolute Gasteiger partial charge is 0.343 e. The molecule has 0 bridgehead atoms. The first-order valence-electron chi connectivity index (χ1n) is 8.62. The van der Waals surface area contributed by atoms with Gasteiger partial charge in [0.05, 0.1) is 16.8 Å². The monoisotopic (exact) mass is 349 g/mol. The molecule has 0 radical (unpaired) electrons. The number of amides is 2. The highest BCUT2D eigenvalue weighted by Gasteiger charge is 2.35. The Balaban J connectivity index is 1.53. The number of carbonyl (C=O) groups is 2. The minimum atomic E-state index is -0.101. The van der Waals surface area contributed by atoms with Gasteiger partial charge in [-0.1, -0.05) is 23.7 Å². The standard InChI is InChI=1S/C18H24ClN3O2/c1-20(10-5-12-21-11-4-8-17(21)23)16-9-13-22(18(16)24)15-7-3-2-6-14(15)19/h2-3,6-7,16H,4-5,8-13H2,1H3. The zero-order valence-electron chi connectivity index (χ0n) is 14.1. The zero-order valence-corrected chi connectivity index (χ0v) is 14.8. The molecule has 1 aromatic rings. The number of hydrogen-bond donors (Lipinski definition) is 0. The summed E-state index contributed by atoms with van der Waals surface area (Å²) >= 11 is 6.22. The Hall–Kier alpha value is -1.59. The maximum Gasteiger partial charge on any atom is 0.244 e. The van der Waals surface area contributed by atoms with Crippen LogP contribution in [-0.4, -0.2) is 60.9 Å². The Labute approximate surface area is 148 Å². The van der Waals surface area contributed by atoms with Gasteiger partial charge < -0.3 is 9.80 Å². The maximum atomic E-state index is 12.7. The Morgan fingerprint density at radius 3 is 2.75 bits per heavy atom. The Bertz CT molecular complexity index is 622. The van der Waals surface area contributed by atoms with Gasteiger partial charge in [0.2, 0.25) is 11.8 Å². The van der Waals surface area contributed by atoms with Crippen molar-refractivity contribution in [2.24, 2.45) is 0 Å². The normalized spacial score (nSPS) is 21.4. The maximum absolute atomic E-state index is 12.7. The molecule has 1 unspecified atom stereocenters. The van der Waals surface area contributed by atoms with Crippen LogP contribution in [0.5, 0.6) is 0 Å². The van der Waals surface area contributed by atoms with Crippen LogP contribution < -0.4 is 4.90 Å². The van der Waals surface area contributed by atoms with Crippen LogP contribution >= 0.6 is 11.6 Å². The van der Waals surface area contributed by atoms with Gasteiger partial charge in [0.25, 0.3) is 0 Å². The van der Waals surface area contributed by atoms with Crippen LogP contribution in [0, 0.1) is 0 Å². The van der Waals surface area contributed by atoms with Gasteiger partial charge >= 0.3 is 0 Å². The number of benzene rings is 1. The molecule has 2 saturated heterocycles. The van der Waals surface area contributed by atoms with Crippen LogP contribution in [0.25, 0.3) is 0 Å². The molecule has 6 heteroatoms. The Morgan fingerprint density at radius 2 is 2.04 bits per heavy atom. The van der Waals surface area contributed by atoms with Crippen molar-refractivity contribution in [3.05, 3.63) is 29.3 Å². The number of nitrogens with zero attached hydrogens (tertiary/aromatic N) is 3. The van der Waals surface area contributed by atoms with Gasteiger partial charge in [-0.3, -0.25) is 14.5 Å². The molecule has 2 heterocycles. The SMILES string of the molecule is CN(CCCN1CCCC1=O)C1CCN(c2ccccc2Cl)C1=O. The third-order valence-corrected chi connectivity index (χ3v) is 5.28. The van der Waals surface area contributed by atoms with Crippen molar-refractivity contribution in [3.63, 3.8) is 0 Å². The Morgan fingerprint density at radius 1 is 1.25 bits per heavy atom. The van der Waals surface area contributed by atoms with Gasteiger partial charge in [0.1, 0.15) is 0 Å². The van der Waals surface area contributed by atoms with E-state index in [1.807, 2.05) is 36.2 Å². The van der Waals surface area contributed by atoms with Gasteiger partial charge in [0.15, 0.2) is 0 Å². The second-order valence-corrected chi connectivity index (χ2v) is 6.97. The van der Waals surface area contributed by atoms with E-state index in [4.69, 9.17) is 11.6 Å². The van der Waals surface area contributed by atoms with Gasteiger partial charge in [-0.05, 0) is 38.4 Å². The van der Waals surface area contributed by atoms with E-state index in [1.54, 1.807) is 4.90 Å². The second-order valence-electron chi connectivity index (χ2n) is 6.56. The van der Waals surface area contributed by atoms with E-state index in [-0.39, 0.29) is 17.9 Å². The molecule has 0 spiro atoms. The molecule has 24 heavy (non-hydrogen) atoms. The van der Waals surface area contributed by atoms with Crippen molar-refractivity contribution in [2.75, 3.05) is 38.1 Å². The van der Waals surface area contributed by atoms with Crippen LogP contribution in [-0.2, 0) is 9.59 Å². The van der Waals surface area contributed by atoms with Gasteiger partial charge in [0, 0.05) is 32.6 Å². The van der Waals surface area contributed by atoms with Gasteiger partial charge in [-0.2, -0.15) is 0 Å². The van der Waals surface area contributed by atoms with Crippen molar-refractivity contribution in [1.29, 1.82) is 0 Å².